The van der Waals surface area contributed by atoms with E-state index in [-0.39, 0.29) is 24.3 Å². The Morgan fingerprint density at radius 2 is 2.11 bits per heavy atom. The van der Waals surface area contributed by atoms with Gasteiger partial charge in [0, 0.05) is 34.3 Å². The van der Waals surface area contributed by atoms with Gasteiger partial charge in [0.25, 0.3) is 0 Å². The quantitative estimate of drug-likeness (QED) is 0.711. The van der Waals surface area contributed by atoms with Gasteiger partial charge < -0.3 is 19.9 Å². The largest absolute Gasteiger partial charge is 0.383 e. The van der Waals surface area contributed by atoms with Gasteiger partial charge in [-0.3, -0.25) is 9.59 Å². The first-order valence-corrected chi connectivity index (χ1v) is 6.75. The Hall–Kier alpha value is -1.14. The number of likely N-dealkylation sites (N-methyl/N-ethyl adjacent to an activating group) is 1. The number of ether oxygens (including phenoxy) is 1. The molecule has 0 bridgehead atoms. The monoisotopic (exact) mass is 271 g/mol. The molecule has 1 unspecified atom stereocenters. The average Bonchev–Trinajstić information content (AvgIpc) is 2.43. The van der Waals surface area contributed by atoms with E-state index in [0.717, 1.165) is 19.4 Å². The highest BCUT2D eigenvalue weighted by Crippen LogP contribution is 2.13. The molecule has 0 spiro atoms. The zero-order valence-electron chi connectivity index (χ0n) is 12.1. The van der Waals surface area contributed by atoms with Crippen molar-refractivity contribution in [2.75, 3.05) is 54.0 Å². The van der Waals surface area contributed by atoms with Crippen LogP contribution in [0.15, 0.2) is 0 Å². The summed E-state index contributed by atoms with van der Waals surface area (Å²) in [6.07, 6.45) is 1.90. The van der Waals surface area contributed by atoms with E-state index in [9.17, 15) is 9.59 Å². The van der Waals surface area contributed by atoms with Crippen LogP contribution in [0.4, 0.5) is 0 Å². The van der Waals surface area contributed by atoms with E-state index in [1.165, 1.54) is 4.90 Å². The van der Waals surface area contributed by atoms with Crippen LogP contribution < -0.4 is 5.32 Å². The lowest BCUT2D eigenvalue weighted by atomic mass is 9.98. The van der Waals surface area contributed by atoms with Crippen LogP contribution in [0.25, 0.3) is 0 Å². The van der Waals surface area contributed by atoms with Gasteiger partial charge in [-0.1, -0.05) is 0 Å². The molecule has 0 aromatic carbocycles. The standard InChI is InChI=1S/C13H25N3O3/c1-15(2)12(17)10-16(7-8-19-3)13(18)11-5-4-6-14-9-11/h11,14H,4-10H2,1-3H3. The van der Waals surface area contributed by atoms with Crippen molar-refractivity contribution in [3.63, 3.8) is 0 Å². The molecule has 0 aromatic rings. The predicted molar refractivity (Wildman–Crippen MR) is 72.7 cm³/mol. The molecule has 6 heteroatoms. The van der Waals surface area contributed by atoms with Crippen LogP contribution in [0.3, 0.4) is 0 Å². The summed E-state index contributed by atoms with van der Waals surface area (Å²) < 4.78 is 5.02. The third-order valence-electron chi connectivity index (χ3n) is 3.35. The van der Waals surface area contributed by atoms with Gasteiger partial charge in [-0.15, -0.1) is 0 Å². The lowest BCUT2D eigenvalue weighted by Gasteiger charge is -2.29. The van der Waals surface area contributed by atoms with E-state index in [0.29, 0.717) is 19.7 Å². The molecule has 0 saturated carbocycles. The minimum atomic E-state index is -0.0618. The lowest BCUT2D eigenvalue weighted by Crippen LogP contribution is -2.47. The van der Waals surface area contributed by atoms with Crippen molar-refractivity contribution in [1.82, 2.24) is 15.1 Å². The molecule has 1 saturated heterocycles. The summed E-state index contributed by atoms with van der Waals surface area (Å²) in [5.74, 6) is -0.0201. The molecule has 1 heterocycles. The van der Waals surface area contributed by atoms with E-state index in [4.69, 9.17) is 4.74 Å². The molecule has 0 aliphatic carbocycles. The number of carbonyl (C=O) groups is 2. The minimum absolute atomic E-state index is 0.0134. The van der Waals surface area contributed by atoms with Crippen LogP contribution in [0.1, 0.15) is 12.8 Å². The zero-order chi connectivity index (χ0) is 14.3. The minimum Gasteiger partial charge on any atom is -0.383 e. The highest BCUT2D eigenvalue weighted by molar-refractivity contribution is 5.86. The second kappa shape index (κ2) is 8.12. The number of carbonyl (C=O) groups excluding carboxylic acids is 2. The molecule has 0 radical (unpaired) electrons. The molecule has 1 atom stereocenters. The lowest BCUT2D eigenvalue weighted by molar-refractivity contribution is -0.142. The third kappa shape index (κ3) is 5.16. The number of hydrogen-bond donors (Lipinski definition) is 1. The molecule has 0 aromatic heterocycles. The topological polar surface area (TPSA) is 61.9 Å². The fourth-order valence-corrected chi connectivity index (χ4v) is 2.09. The van der Waals surface area contributed by atoms with Crippen LogP contribution in [0.5, 0.6) is 0 Å². The van der Waals surface area contributed by atoms with E-state index < -0.39 is 0 Å². The van der Waals surface area contributed by atoms with Crippen molar-refractivity contribution in [3.8, 4) is 0 Å². The maximum absolute atomic E-state index is 12.4. The van der Waals surface area contributed by atoms with Gasteiger partial charge in [0.15, 0.2) is 0 Å². The van der Waals surface area contributed by atoms with E-state index in [1.807, 2.05) is 0 Å². The van der Waals surface area contributed by atoms with Crippen LogP contribution in [-0.2, 0) is 14.3 Å². The van der Waals surface area contributed by atoms with Gasteiger partial charge in [0.1, 0.15) is 0 Å². The van der Waals surface area contributed by atoms with Crippen molar-refractivity contribution in [2.24, 2.45) is 5.92 Å². The Bertz CT molecular complexity index is 302. The zero-order valence-corrected chi connectivity index (χ0v) is 12.1. The van der Waals surface area contributed by atoms with Crippen molar-refractivity contribution < 1.29 is 14.3 Å². The number of rotatable bonds is 6. The molecule has 6 nitrogen and oxygen atoms in total. The van der Waals surface area contributed by atoms with Gasteiger partial charge in [-0.05, 0) is 19.4 Å². The highest BCUT2D eigenvalue weighted by Gasteiger charge is 2.27. The summed E-state index contributed by atoms with van der Waals surface area (Å²) in [4.78, 5) is 27.3. The average molecular weight is 271 g/mol. The molecule has 1 aliphatic rings. The maximum atomic E-state index is 12.4. The van der Waals surface area contributed by atoms with Gasteiger partial charge in [-0.25, -0.2) is 0 Å². The van der Waals surface area contributed by atoms with Crippen LogP contribution in [0.2, 0.25) is 0 Å². The molecule has 1 aliphatic heterocycles. The Labute approximate surface area is 115 Å². The third-order valence-corrected chi connectivity index (χ3v) is 3.35. The Kier molecular flexibility index (Phi) is 6.80. The fraction of sp³-hybridized carbons (Fsp3) is 0.846. The smallest absolute Gasteiger partial charge is 0.241 e. The number of nitrogens with one attached hydrogen (secondary N) is 1. The molecule has 110 valence electrons. The maximum Gasteiger partial charge on any atom is 0.241 e. The summed E-state index contributed by atoms with van der Waals surface area (Å²) in [5, 5.41) is 3.23. The summed E-state index contributed by atoms with van der Waals surface area (Å²) in [6.45, 7) is 2.72. The molecule has 1 N–H and O–H groups in total. The first-order valence-electron chi connectivity index (χ1n) is 6.75. The van der Waals surface area contributed by atoms with E-state index in [2.05, 4.69) is 5.32 Å². The molecule has 19 heavy (non-hydrogen) atoms. The second-order valence-electron chi connectivity index (χ2n) is 5.08. The second-order valence-corrected chi connectivity index (χ2v) is 5.08. The number of methoxy groups -OCH3 is 1. The SMILES string of the molecule is COCCN(CC(=O)N(C)C)C(=O)C1CCCNC1. The fourth-order valence-electron chi connectivity index (χ4n) is 2.09. The van der Waals surface area contributed by atoms with Crippen molar-refractivity contribution in [1.29, 1.82) is 0 Å². The Morgan fingerprint density at radius 1 is 1.37 bits per heavy atom. The molecule has 1 rings (SSSR count). The van der Waals surface area contributed by atoms with Gasteiger partial charge in [0.05, 0.1) is 19.1 Å². The molecule has 1 fully saturated rings. The summed E-state index contributed by atoms with van der Waals surface area (Å²) in [6, 6.07) is 0. The summed E-state index contributed by atoms with van der Waals surface area (Å²) >= 11 is 0. The number of hydrogen-bond acceptors (Lipinski definition) is 4. The Morgan fingerprint density at radius 3 is 2.63 bits per heavy atom. The molecular weight excluding hydrogens is 246 g/mol. The van der Waals surface area contributed by atoms with Crippen LogP contribution >= 0.6 is 0 Å². The first-order chi connectivity index (χ1) is 9.06. The number of nitrogens with zero attached hydrogens (tertiary/aromatic N) is 2. The van der Waals surface area contributed by atoms with Gasteiger partial charge in [0.2, 0.25) is 11.8 Å². The van der Waals surface area contributed by atoms with Gasteiger partial charge >= 0.3 is 0 Å². The van der Waals surface area contributed by atoms with E-state index >= 15 is 0 Å². The normalized spacial score (nSPS) is 19.0. The van der Waals surface area contributed by atoms with E-state index in [1.54, 1.807) is 26.1 Å². The summed E-state index contributed by atoms with van der Waals surface area (Å²) in [5.41, 5.74) is 0. The van der Waals surface area contributed by atoms with Gasteiger partial charge in [-0.2, -0.15) is 0 Å². The van der Waals surface area contributed by atoms with Crippen molar-refractivity contribution in [2.45, 2.75) is 12.8 Å². The molecule has 2 amide bonds. The Balaban J connectivity index is 2.60. The van der Waals surface area contributed by atoms with Crippen LogP contribution in [0, 0.1) is 5.92 Å². The first kappa shape index (κ1) is 15.9. The highest BCUT2D eigenvalue weighted by atomic mass is 16.5. The summed E-state index contributed by atoms with van der Waals surface area (Å²) in [7, 11) is 4.99. The molecular formula is C13H25N3O3. The van der Waals surface area contributed by atoms with Crippen LogP contribution in [-0.4, -0.2) is 75.6 Å². The van der Waals surface area contributed by atoms with Crippen molar-refractivity contribution >= 4 is 11.8 Å². The number of amides is 2. The number of piperidine rings is 1. The predicted octanol–water partition coefficient (Wildman–Crippen LogP) is -0.451. The van der Waals surface area contributed by atoms with Crippen molar-refractivity contribution in [3.05, 3.63) is 0 Å².